The van der Waals surface area contributed by atoms with E-state index in [4.69, 9.17) is 21.1 Å². The van der Waals surface area contributed by atoms with Crippen molar-refractivity contribution in [3.63, 3.8) is 0 Å². The van der Waals surface area contributed by atoms with Crippen LogP contribution in [-0.4, -0.2) is 44.2 Å². The molecule has 5 nitrogen and oxygen atoms in total. The number of hydrogen-bond acceptors (Lipinski definition) is 4. The number of carbonyl (C=O) groups is 1. The highest BCUT2D eigenvalue weighted by Crippen LogP contribution is 2.38. The summed E-state index contributed by atoms with van der Waals surface area (Å²) in [6.07, 6.45) is 1.11. The van der Waals surface area contributed by atoms with Gasteiger partial charge in [-0.3, -0.25) is 4.79 Å². The SMILES string of the molecule is CN1CCN(C(=O)Cc2cc(Cl)c3c(c2)OCCCO3)Cc2ccccc21. The minimum atomic E-state index is 0.0886. The molecule has 0 aliphatic carbocycles. The molecular formula is C21H23ClN2O3. The third kappa shape index (κ3) is 3.83. The molecule has 0 atom stereocenters. The third-order valence-corrected chi connectivity index (χ3v) is 5.32. The summed E-state index contributed by atoms with van der Waals surface area (Å²) in [4.78, 5) is 17.1. The van der Waals surface area contributed by atoms with Crippen LogP contribution in [0.2, 0.25) is 5.02 Å². The van der Waals surface area contributed by atoms with Crippen molar-refractivity contribution in [2.24, 2.45) is 0 Å². The minimum absolute atomic E-state index is 0.0886. The fraction of sp³-hybridized carbons (Fsp3) is 0.381. The van der Waals surface area contributed by atoms with Gasteiger partial charge in [0.1, 0.15) is 0 Å². The second-order valence-electron chi connectivity index (χ2n) is 7.00. The third-order valence-electron chi connectivity index (χ3n) is 5.04. The van der Waals surface area contributed by atoms with Crippen LogP contribution in [0.25, 0.3) is 0 Å². The molecule has 0 N–H and O–H groups in total. The lowest BCUT2D eigenvalue weighted by atomic mass is 10.1. The van der Waals surface area contributed by atoms with Gasteiger partial charge in [0.25, 0.3) is 0 Å². The van der Waals surface area contributed by atoms with Crippen LogP contribution in [-0.2, 0) is 17.8 Å². The van der Waals surface area contributed by atoms with E-state index in [0.29, 0.717) is 49.2 Å². The number of nitrogens with zero attached hydrogens (tertiary/aromatic N) is 2. The molecule has 6 heteroatoms. The van der Waals surface area contributed by atoms with E-state index >= 15 is 0 Å². The van der Waals surface area contributed by atoms with Crippen LogP contribution in [0.15, 0.2) is 36.4 Å². The maximum Gasteiger partial charge on any atom is 0.227 e. The van der Waals surface area contributed by atoms with E-state index in [1.54, 1.807) is 0 Å². The molecular weight excluding hydrogens is 364 g/mol. The summed E-state index contributed by atoms with van der Waals surface area (Å²) in [6, 6.07) is 11.9. The van der Waals surface area contributed by atoms with E-state index in [2.05, 4.69) is 24.1 Å². The highest BCUT2D eigenvalue weighted by molar-refractivity contribution is 6.32. The molecule has 0 unspecified atom stereocenters. The Labute approximate surface area is 164 Å². The highest BCUT2D eigenvalue weighted by Gasteiger charge is 2.22. The standard InChI is InChI=1S/C21H23ClN2O3/c1-23-7-8-24(14-16-5-2-3-6-18(16)23)20(25)13-15-11-17(22)21-19(12-15)26-9-4-10-27-21/h2-3,5-6,11-12H,4,7-10,13-14H2,1H3. The van der Waals surface area contributed by atoms with Crippen molar-refractivity contribution in [3.05, 3.63) is 52.5 Å². The fourth-order valence-electron chi connectivity index (χ4n) is 3.58. The Balaban J connectivity index is 1.53. The number of amides is 1. The zero-order valence-corrected chi connectivity index (χ0v) is 16.2. The molecule has 0 spiro atoms. The summed E-state index contributed by atoms with van der Waals surface area (Å²) < 4.78 is 11.4. The number of halogens is 1. The molecule has 4 rings (SSSR count). The smallest absolute Gasteiger partial charge is 0.227 e. The Kier molecular flexibility index (Phi) is 5.12. The van der Waals surface area contributed by atoms with Gasteiger partial charge in [0.2, 0.25) is 5.91 Å². The van der Waals surface area contributed by atoms with E-state index in [0.717, 1.165) is 18.5 Å². The van der Waals surface area contributed by atoms with E-state index in [9.17, 15) is 4.79 Å². The van der Waals surface area contributed by atoms with Gasteiger partial charge in [-0.2, -0.15) is 0 Å². The van der Waals surface area contributed by atoms with Gasteiger partial charge in [0.15, 0.2) is 11.5 Å². The summed E-state index contributed by atoms with van der Waals surface area (Å²) >= 11 is 6.36. The number of hydrogen-bond donors (Lipinski definition) is 0. The molecule has 0 bridgehead atoms. The van der Waals surface area contributed by atoms with Gasteiger partial charge in [-0.05, 0) is 29.3 Å². The average Bonchev–Trinajstić information content (AvgIpc) is 2.99. The summed E-state index contributed by atoms with van der Waals surface area (Å²) in [5, 5.41) is 0.498. The molecule has 0 fully saturated rings. The number of fused-ring (bicyclic) bond motifs is 2. The first-order chi connectivity index (χ1) is 13.1. The predicted molar refractivity (Wildman–Crippen MR) is 106 cm³/mol. The number of anilines is 1. The molecule has 1 amide bonds. The van der Waals surface area contributed by atoms with Crippen LogP contribution in [0, 0.1) is 0 Å². The summed E-state index contributed by atoms with van der Waals surface area (Å²) in [6.45, 7) is 3.31. The highest BCUT2D eigenvalue weighted by atomic mass is 35.5. The Morgan fingerprint density at radius 1 is 1.15 bits per heavy atom. The van der Waals surface area contributed by atoms with Gasteiger partial charge < -0.3 is 19.3 Å². The molecule has 2 aromatic rings. The minimum Gasteiger partial charge on any atom is -0.489 e. The Bertz CT molecular complexity index is 855. The van der Waals surface area contributed by atoms with E-state index in [1.165, 1.54) is 11.3 Å². The maximum atomic E-state index is 13.0. The molecule has 142 valence electrons. The van der Waals surface area contributed by atoms with Crippen molar-refractivity contribution in [1.29, 1.82) is 0 Å². The van der Waals surface area contributed by atoms with Crippen molar-refractivity contribution in [1.82, 2.24) is 4.90 Å². The van der Waals surface area contributed by atoms with Crippen LogP contribution in [0.3, 0.4) is 0 Å². The molecule has 0 saturated heterocycles. The van der Waals surface area contributed by atoms with Crippen molar-refractivity contribution in [3.8, 4) is 11.5 Å². The number of benzene rings is 2. The zero-order chi connectivity index (χ0) is 18.8. The van der Waals surface area contributed by atoms with E-state index in [-0.39, 0.29) is 5.91 Å². The molecule has 0 saturated carbocycles. The number of para-hydroxylation sites is 1. The topological polar surface area (TPSA) is 42.0 Å². The monoisotopic (exact) mass is 386 g/mol. The normalized spacial score (nSPS) is 16.4. The van der Waals surface area contributed by atoms with Gasteiger partial charge in [-0.15, -0.1) is 0 Å². The lowest BCUT2D eigenvalue weighted by Gasteiger charge is -2.21. The van der Waals surface area contributed by atoms with Crippen LogP contribution in [0.5, 0.6) is 11.5 Å². The molecule has 2 aliphatic heterocycles. The number of carbonyl (C=O) groups excluding carboxylic acids is 1. The first-order valence-electron chi connectivity index (χ1n) is 9.26. The summed E-state index contributed by atoms with van der Waals surface area (Å²) in [5.41, 5.74) is 3.20. The van der Waals surface area contributed by atoms with Crippen LogP contribution >= 0.6 is 11.6 Å². The second kappa shape index (κ2) is 7.69. The zero-order valence-electron chi connectivity index (χ0n) is 15.4. The number of rotatable bonds is 2. The summed E-state index contributed by atoms with van der Waals surface area (Å²) in [7, 11) is 2.07. The summed E-state index contributed by atoms with van der Waals surface area (Å²) in [5.74, 6) is 1.30. The predicted octanol–water partition coefficient (Wildman–Crippen LogP) is 3.52. The van der Waals surface area contributed by atoms with Gasteiger partial charge >= 0.3 is 0 Å². The first kappa shape index (κ1) is 18.0. The van der Waals surface area contributed by atoms with Gasteiger partial charge in [-0.25, -0.2) is 0 Å². The van der Waals surface area contributed by atoms with Crippen molar-refractivity contribution >= 4 is 23.2 Å². The molecule has 27 heavy (non-hydrogen) atoms. The lowest BCUT2D eigenvalue weighted by molar-refractivity contribution is -0.130. The largest absolute Gasteiger partial charge is 0.489 e. The number of likely N-dealkylation sites (N-methyl/N-ethyl adjacent to an activating group) is 1. The van der Waals surface area contributed by atoms with Crippen molar-refractivity contribution in [2.75, 3.05) is 38.3 Å². The molecule has 2 heterocycles. The average molecular weight is 387 g/mol. The van der Waals surface area contributed by atoms with Crippen molar-refractivity contribution in [2.45, 2.75) is 19.4 Å². The first-order valence-corrected chi connectivity index (χ1v) is 9.64. The maximum absolute atomic E-state index is 13.0. The molecule has 0 aromatic heterocycles. The van der Waals surface area contributed by atoms with Crippen LogP contribution in [0.1, 0.15) is 17.5 Å². The van der Waals surface area contributed by atoms with Gasteiger partial charge in [-0.1, -0.05) is 29.8 Å². The van der Waals surface area contributed by atoms with Crippen LogP contribution in [0.4, 0.5) is 5.69 Å². The lowest BCUT2D eigenvalue weighted by Crippen LogP contribution is -2.35. The van der Waals surface area contributed by atoms with Crippen molar-refractivity contribution < 1.29 is 14.3 Å². The Morgan fingerprint density at radius 3 is 2.85 bits per heavy atom. The number of ether oxygens (including phenoxy) is 2. The molecule has 0 radical (unpaired) electrons. The Morgan fingerprint density at radius 2 is 1.96 bits per heavy atom. The van der Waals surface area contributed by atoms with E-state index < -0.39 is 0 Å². The molecule has 2 aliphatic rings. The van der Waals surface area contributed by atoms with Gasteiger partial charge in [0.05, 0.1) is 24.7 Å². The van der Waals surface area contributed by atoms with E-state index in [1.807, 2.05) is 29.2 Å². The van der Waals surface area contributed by atoms with Crippen LogP contribution < -0.4 is 14.4 Å². The molecule has 2 aromatic carbocycles. The fourth-order valence-corrected chi connectivity index (χ4v) is 3.87. The quantitative estimate of drug-likeness (QED) is 0.792. The van der Waals surface area contributed by atoms with Gasteiger partial charge in [0, 0.05) is 38.8 Å². The Hall–Kier alpha value is -2.40. The second-order valence-corrected chi connectivity index (χ2v) is 7.40.